The Morgan fingerprint density at radius 3 is 2.67 bits per heavy atom. The highest BCUT2D eigenvalue weighted by Crippen LogP contribution is 2.16. The van der Waals surface area contributed by atoms with Gasteiger partial charge < -0.3 is 10.5 Å². The normalized spacial score (nSPS) is 11.3. The van der Waals surface area contributed by atoms with Crippen molar-refractivity contribution in [3.63, 3.8) is 0 Å². The standard InChI is InChI=1S/C13H14FN3O3S/c1-20-13-5-2-9(7-16-13)8-17-21(18,19)10-3-4-12(15)11(14)6-10/h2-7,17H,8,15H2,1H3. The molecule has 1 aromatic carbocycles. The van der Waals surface area contributed by atoms with E-state index in [9.17, 15) is 12.8 Å². The number of hydrogen-bond acceptors (Lipinski definition) is 5. The molecule has 6 nitrogen and oxygen atoms in total. The lowest BCUT2D eigenvalue weighted by Crippen LogP contribution is -2.23. The van der Waals surface area contributed by atoms with E-state index in [0.717, 1.165) is 6.07 Å². The van der Waals surface area contributed by atoms with E-state index in [0.29, 0.717) is 11.4 Å². The quantitative estimate of drug-likeness (QED) is 0.811. The van der Waals surface area contributed by atoms with Crippen LogP contribution in [0, 0.1) is 5.82 Å². The average Bonchev–Trinajstić information content (AvgIpc) is 2.48. The lowest BCUT2D eigenvalue weighted by molar-refractivity contribution is 0.397. The van der Waals surface area contributed by atoms with Gasteiger partial charge in [-0.25, -0.2) is 22.5 Å². The second kappa shape index (κ2) is 6.06. The third-order valence-electron chi connectivity index (χ3n) is 2.76. The fraction of sp³-hybridized carbons (Fsp3) is 0.154. The van der Waals surface area contributed by atoms with Crippen LogP contribution in [-0.2, 0) is 16.6 Å². The van der Waals surface area contributed by atoms with E-state index in [1.807, 2.05) is 0 Å². The molecule has 0 saturated carbocycles. The highest BCUT2D eigenvalue weighted by molar-refractivity contribution is 7.89. The van der Waals surface area contributed by atoms with E-state index in [1.165, 1.54) is 25.4 Å². The first-order valence-electron chi connectivity index (χ1n) is 5.96. The van der Waals surface area contributed by atoms with Gasteiger partial charge in [-0.3, -0.25) is 0 Å². The van der Waals surface area contributed by atoms with Crippen molar-refractivity contribution in [3.8, 4) is 5.88 Å². The Bertz CT molecular complexity index is 733. The summed E-state index contributed by atoms with van der Waals surface area (Å²) < 4.78 is 44.6. The topological polar surface area (TPSA) is 94.3 Å². The first kappa shape index (κ1) is 15.2. The molecule has 0 aliphatic heterocycles. The number of aromatic nitrogens is 1. The number of methoxy groups -OCH3 is 1. The average molecular weight is 311 g/mol. The number of sulfonamides is 1. The number of pyridine rings is 1. The predicted octanol–water partition coefficient (Wildman–Crippen LogP) is 1.29. The molecule has 0 saturated heterocycles. The molecule has 2 rings (SSSR count). The summed E-state index contributed by atoms with van der Waals surface area (Å²) in [7, 11) is -2.33. The van der Waals surface area contributed by atoms with Crippen LogP contribution >= 0.6 is 0 Å². The number of nitrogen functional groups attached to an aromatic ring is 1. The van der Waals surface area contributed by atoms with Crippen LogP contribution in [0.4, 0.5) is 10.1 Å². The highest BCUT2D eigenvalue weighted by Gasteiger charge is 2.15. The third-order valence-corrected chi connectivity index (χ3v) is 4.15. The zero-order chi connectivity index (χ0) is 15.5. The largest absolute Gasteiger partial charge is 0.481 e. The van der Waals surface area contributed by atoms with Crippen molar-refractivity contribution in [1.82, 2.24) is 9.71 Å². The molecule has 0 aliphatic carbocycles. The number of nitrogens with zero attached hydrogens (tertiary/aromatic N) is 1. The van der Waals surface area contributed by atoms with Gasteiger partial charge in [-0.2, -0.15) is 0 Å². The van der Waals surface area contributed by atoms with Crippen LogP contribution in [0.5, 0.6) is 5.88 Å². The van der Waals surface area contributed by atoms with E-state index in [-0.39, 0.29) is 17.1 Å². The molecular formula is C13H14FN3O3S. The number of nitrogens with one attached hydrogen (secondary N) is 1. The molecule has 0 unspecified atom stereocenters. The Morgan fingerprint density at radius 1 is 1.33 bits per heavy atom. The maximum atomic E-state index is 13.3. The number of nitrogens with two attached hydrogens (primary N) is 1. The fourth-order valence-electron chi connectivity index (χ4n) is 1.57. The molecular weight excluding hydrogens is 297 g/mol. The molecule has 112 valence electrons. The predicted molar refractivity (Wildman–Crippen MR) is 75.6 cm³/mol. The number of anilines is 1. The van der Waals surface area contributed by atoms with Gasteiger partial charge in [-0.1, -0.05) is 6.07 Å². The summed E-state index contributed by atoms with van der Waals surface area (Å²) in [5.41, 5.74) is 5.86. The number of rotatable bonds is 5. The van der Waals surface area contributed by atoms with Crippen LogP contribution in [0.1, 0.15) is 5.56 Å². The van der Waals surface area contributed by atoms with E-state index in [4.69, 9.17) is 10.5 Å². The Kier molecular flexibility index (Phi) is 4.39. The number of ether oxygens (including phenoxy) is 1. The number of benzene rings is 1. The summed E-state index contributed by atoms with van der Waals surface area (Å²) >= 11 is 0. The summed E-state index contributed by atoms with van der Waals surface area (Å²) in [4.78, 5) is 3.78. The van der Waals surface area contributed by atoms with Crippen molar-refractivity contribution in [2.24, 2.45) is 0 Å². The first-order chi connectivity index (χ1) is 9.92. The van der Waals surface area contributed by atoms with Crippen molar-refractivity contribution >= 4 is 15.7 Å². The molecule has 0 aliphatic rings. The zero-order valence-corrected chi connectivity index (χ0v) is 12.0. The van der Waals surface area contributed by atoms with Crippen LogP contribution in [-0.4, -0.2) is 20.5 Å². The molecule has 0 atom stereocenters. The first-order valence-corrected chi connectivity index (χ1v) is 7.44. The summed E-state index contributed by atoms with van der Waals surface area (Å²) in [6.45, 7) is 0.0331. The maximum absolute atomic E-state index is 13.3. The van der Waals surface area contributed by atoms with Gasteiger partial charge in [-0.05, 0) is 23.8 Å². The van der Waals surface area contributed by atoms with Crippen LogP contribution in [0.25, 0.3) is 0 Å². The summed E-state index contributed by atoms with van der Waals surface area (Å²) in [5.74, 6) is -0.341. The molecule has 1 heterocycles. The van der Waals surface area contributed by atoms with Crippen LogP contribution in [0.15, 0.2) is 41.4 Å². The number of halogens is 1. The lowest BCUT2D eigenvalue weighted by atomic mass is 10.3. The van der Waals surface area contributed by atoms with E-state index in [2.05, 4.69) is 9.71 Å². The molecule has 1 aromatic heterocycles. The van der Waals surface area contributed by atoms with Crippen molar-refractivity contribution in [1.29, 1.82) is 0 Å². The summed E-state index contributed by atoms with van der Waals surface area (Å²) in [5, 5.41) is 0. The fourth-order valence-corrected chi connectivity index (χ4v) is 2.60. The van der Waals surface area contributed by atoms with E-state index >= 15 is 0 Å². The van der Waals surface area contributed by atoms with Crippen molar-refractivity contribution in [3.05, 3.63) is 47.9 Å². The molecule has 0 spiro atoms. The Balaban J connectivity index is 2.11. The molecule has 3 N–H and O–H groups in total. The van der Waals surface area contributed by atoms with E-state index in [1.54, 1.807) is 12.1 Å². The summed E-state index contributed by atoms with van der Waals surface area (Å²) in [6.07, 6.45) is 1.49. The second-order valence-corrected chi connectivity index (χ2v) is 5.98. The van der Waals surface area contributed by atoms with Gasteiger partial charge in [0.05, 0.1) is 17.7 Å². The van der Waals surface area contributed by atoms with Crippen molar-refractivity contribution in [2.75, 3.05) is 12.8 Å². The SMILES string of the molecule is COc1ccc(CNS(=O)(=O)c2ccc(N)c(F)c2)cn1. The van der Waals surface area contributed by atoms with Crippen LogP contribution in [0.3, 0.4) is 0 Å². The molecule has 2 aromatic rings. The minimum atomic E-state index is -3.82. The third kappa shape index (κ3) is 3.67. The van der Waals surface area contributed by atoms with Gasteiger partial charge >= 0.3 is 0 Å². The Labute approximate surface area is 121 Å². The molecule has 21 heavy (non-hydrogen) atoms. The molecule has 0 fully saturated rings. The van der Waals surface area contributed by atoms with E-state index < -0.39 is 15.8 Å². The summed E-state index contributed by atoms with van der Waals surface area (Å²) in [6, 6.07) is 6.63. The van der Waals surface area contributed by atoms with Gasteiger partial charge in [0.25, 0.3) is 0 Å². The highest BCUT2D eigenvalue weighted by atomic mass is 32.2. The molecule has 0 radical (unpaired) electrons. The Morgan fingerprint density at radius 2 is 2.10 bits per heavy atom. The Hall–Kier alpha value is -2.19. The van der Waals surface area contributed by atoms with Crippen molar-refractivity contribution in [2.45, 2.75) is 11.4 Å². The van der Waals surface area contributed by atoms with Gasteiger partial charge in [0.15, 0.2) is 0 Å². The smallest absolute Gasteiger partial charge is 0.240 e. The molecule has 0 amide bonds. The van der Waals surface area contributed by atoms with Crippen LogP contribution < -0.4 is 15.2 Å². The van der Waals surface area contributed by atoms with Gasteiger partial charge in [0.1, 0.15) is 5.82 Å². The minimum Gasteiger partial charge on any atom is -0.481 e. The maximum Gasteiger partial charge on any atom is 0.240 e. The second-order valence-electron chi connectivity index (χ2n) is 4.22. The van der Waals surface area contributed by atoms with Crippen molar-refractivity contribution < 1.29 is 17.5 Å². The minimum absolute atomic E-state index is 0.0331. The zero-order valence-electron chi connectivity index (χ0n) is 11.2. The van der Waals surface area contributed by atoms with Crippen LogP contribution in [0.2, 0.25) is 0 Å². The lowest BCUT2D eigenvalue weighted by Gasteiger charge is -2.08. The molecule has 0 bridgehead atoms. The number of hydrogen-bond donors (Lipinski definition) is 2. The molecule has 8 heteroatoms. The van der Waals surface area contributed by atoms with Gasteiger partial charge in [0, 0.05) is 18.8 Å². The van der Waals surface area contributed by atoms with Gasteiger partial charge in [-0.15, -0.1) is 0 Å². The van der Waals surface area contributed by atoms with Gasteiger partial charge in [0.2, 0.25) is 15.9 Å². The monoisotopic (exact) mass is 311 g/mol.